The summed E-state index contributed by atoms with van der Waals surface area (Å²) in [6.45, 7) is 0. The van der Waals surface area contributed by atoms with Crippen LogP contribution in [0.4, 0.5) is 15.6 Å². The molecule has 0 radical (unpaired) electrons. The van der Waals surface area contributed by atoms with Crippen molar-refractivity contribution in [1.29, 1.82) is 0 Å². The fraction of sp³-hybridized carbons (Fsp3) is 0.0909. The molecule has 0 aliphatic rings. The summed E-state index contributed by atoms with van der Waals surface area (Å²) in [7, 11) is 1.80. The number of nitrogens with zero attached hydrogens (tertiary/aromatic N) is 1. The number of carboxylic acid groups (broad SMARTS) is 1. The summed E-state index contributed by atoms with van der Waals surface area (Å²) in [4.78, 5) is 15.0. The molecule has 6 heteroatoms. The normalized spacial score (nSPS) is 9.94. The first-order valence-corrected chi connectivity index (χ1v) is 5.81. The maximum absolute atomic E-state index is 10.7. The van der Waals surface area contributed by atoms with E-state index in [4.69, 9.17) is 5.11 Å². The van der Waals surface area contributed by atoms with Crippen molar-refractivity contribution in [1.82, 2.24) is 4.98 Å². The molecule has 0 bridgehead atoms. The van der Waals surface area contributed by atoms with E-state index in [1.807, 2.05) is 17.5 Å². The minimum absolute atomic E-state index is 0.535. The van der Waals surface area contributed by atoms with E-state index in [2.05, 4.69) is 15.6 Å². The maximum atomic E-state index is 10.7. The monoisotopic (exact) mass is 249 g/mol. The van der Waals surface area contributed by atoms with Gasteiger partial charge in [0.1, 0.15) is 0 Å². The van der Waals surface area contributed by atoms with Crippen molar-refractivity contribution >= 4 is 28.2 Å². The van der Waals surface area contributed by atoms with Crippen LogP contribution in [-0.2, 0) is 0 Å². The number of benzene rings is 1. The summed E-state index contributed by atoms with van der Waals surface area (Å²) >= 11 is 1.47. The second kappa shape index (κ2) is 4.84. The topological polar surface area (TPSA) is 74.2 Å². The van der Waals surface area contributed by atoms with Gasteiger partial charge in [-0.05, 0) is 6.07 Å². The van der Waals surface area contributed by atoms with Crippen molar-refractivity contribution in [2.45, 2.75) is 0 Å². The van der Waals surface area contributed by atoms with Crippen molar-refractivity contribution in [2.24, 2.45) is 0 Å². The summed E-state index contributed by atoms with van der Waals surface area (Å²) in [5.74, 6) is 0. The van der Waals surface area contributed by atoms with E-state index < -0.39 is 6.09 Å². The third-order valence-electron chi connectivity index (χ3n) is 2.16. The Labute approximate surface area is 102 Å². The van der Waals surface area contributed by atoms with Gasteiger partial charge in [0.15, 0.2) is 5.13 Å². The maximum Gasteiger partial charge on any atom is 0.409 e. The van der Waals surface area contributed by atoms with Crippen molar-refractivity contribution in [3.05, 3.63) is 29.6 Å². The van der Waals surface area contributed by atoms with Gasteiger partial charge in [-0.2, -0.15) is 0 Å². The highest BCUT2D eigenvalue weighted by atomic mass is 32.1. The number of nitrogens with one attached hydrogen (secondary N) is 2. The molecule has 0 saturated carbocycles. The Bertz CT molecular complexity index is 539. The zero-order chi connectivity index (χ0) is 12.3. The summed E-state index contributed by atoms with van der Waals surface area (Å²) in [6, 6.07) is 7.17. The second-order valence-electron chi connectivity index (χ2n) is 3.26. The molecule has 88 valence electrons. The van der Waals surface area contributed by atoms with Gasteiger partial charge in [-0.3, -0.25) is 5.32 Å². The minimum Gasteiger partial charge on any atom is -0.465 e. The average molecular weight is 249 g/mol. The Balaban J connectivity index is 2.40. The van der Waals surface area contributed by atoms with Crippen LogP contribution in [0, 0.1) is 0 Å². The number of amides is 1. The highest BCUT2D eigenvalue weighted by Gasteiger charge is 2.09. The van der Waals surface area contributed by atoms with Gasteiger partial charge in [0.05, 0.1) is 11.4 Å². The molecule has 1 amide bonds. The number of thiazole rings is 1. The number of rotatable bonds is 3. The largest absolute Gasteiger partial charge is 0.465 e. The fourth-order valence-corrected chi connectivity index (χ4v) is 2.11. The lowest BCUT2D eigenvalue weighted by atomic mass is 10.1. The number of hydrogen-bond acceptors (Lipinski definition) is 4. The molecule has 3 N–H and O–H groups in total. The van der Waals surface area contributed by atoms with E-state index in [9.17, 15) is 4.79 Å². The number of anilines is 2. The molecule has 0 aliphatic heterocycles. The minimum atomic E-state index is -1.08. The molecule has 0 aliphatic carbocycles. The highest BCUT2D eigenvalue weighted by molar-refractivity contribution is 7.14. The van der Waals surface area contributed by atoms with Gasteiger partial charge in [0.2, 0.25) is 0 Å². The molecule has 0 saturated heterocycles. The van der Waals surface area contributed by atoms with Crippen molar-refractivity contribution in [3.8, 4) is 11.3 Å². The van der Waals surface area contributed by atoms with E-state index >= 15 is 0 Å². The Morgan fingerprint density at radius 1 is 1.41 bits per heavy atom. The molecule has 2 rings (SSSR count). The zero-order valence-corrected chi connectivity index (χ0v) is 9.91. The summed E-state index contributed by atoms with van der Waals surface area (Å²) in [5.41, 5.74) is 2.06. The van der Waals surface area contributed by atoms with E-state index in [0.29, 0.717) is 5.69 Å². The summed E-state index contributed by atoms with van der Waals surface area (Å²) in [5, 5.41) is 16.7. The van der Waals surface area contributed by atoms with Gasteiger partial charge in [-0.1, -0.05) is 18.2 Å². The molecular formula is C11H11N3O2S. The standard InChI is InChI=1S/C11H11N3O2S/c1-12-10-13-9(6-17-10)7-4-2-3-5-8(7)14-11(15)16/h2-6,14H,1H3,(H,12,13)(H,15,16). The molecule has 1 aromatic heterocycles. The number of para-hydroxylation sites is 1. The third-order valence-corrected chi connectivity index (χ3v) is 3.02. The lowest BCUT2D eigenvalue weighted by molar-refractivity contribution is 0.210. The first kappa shape index (κ1) is 11.4. The lowest BCUT2D eigenvalue weighted by Crippen LogP contribution is -2.08. The SMILES string of the molecule is CNc1nc(-c2ccccc2NC(=O)O)cs1. The van der Waals surface area contributed by atoms with Gasteiger partial charge in [0, 0.05) is 18.0 Å². The number of aromatic nitrogens is 1. The Kier molecular flexibility index (Phi) is 3.24. The van der Waals surface area contributed by atoms with Gasteiger partial charge < -0.3 is 10.4 Å². The molecule has 2 aromatic rings. The number of carbonyl (C=O) groups is 1. The lowest BCUT2D eigenvalue weighted by Gasteiger charge is -2.06. The van der Waals surface area contributed by atoms with Crippen LogP contribution in [0.15, 0.2) is 29.6 Å². The van der Waals surface area contributed by atoms with E-state index in [1.54, 1.807) is 19.2 Å². The second-order valence-corrected chi connectivity index (χ2v) is 4.12. The fourth-order valence-electron chi connectivity index (χ4n) is 1.44. The molecule has 0 unspecified atom stereocenters. The van der Waals surface area contributed by atoms with Crippen LogP contribution >= 0.6 is 11.3 Å². The van der Waals surface area contributed by atoms with Crippen LogP contribution in [-0.4, -0.2) is 23.2 Å². The predicted octanol–water partition coefficient (Wildman–Crippen LogP) is 2.94. The van der Waals surface area contributed by atoms with Crippen molar-refractivity contribution in [3.63, 3.8) is 0 Å². The highest BCUT2D eigenvalue weighted by Crippen LogP contribution is 2.30. The van der Waals surface area contributed by atoms with Gasteiger partial charge in [0.25, 0.3) is 0 Å². The Morgan fingerprint density at radius 3 is 2.82 bits per heavy atom. The third kappa shape index (κ3) is 2.54. The van der Waals surface area contributed by atoms with Crippen LogP contribution in [0.5, 0.6) is 0 Å². The van der Waals surface area contributed by atoms with Gasteiger partial charge >= 0.3 is 6.09 Å². The van der Waals surface area contributed by atoms with E-state index in [-0.39, 0.29) is 0 Å². The van der Waals surface area contributed by atoms with Crippen LogP contribution in [0.3, 0.4) is 0 Å². The van der Waals surface area contributed by atoms with Crippen molar-refractivity contribution in [2.75, 3.05) is 17.7 Å². The molecular weight excluding hydrogens is 238 g/mol. The summed E-state index contributed by atoms with van der Waals surface area (Å²) < 4.78 is 0. The Hall–Kier alpha value is -2.08. The number of hydrogen-bond donors (Lipinski definition) is 3. The first-order chi connectivity index (χ1) is 8.20. The molecule has 17 heavy (non-hydrogen) atoms. The van der Waals surface area contributed by atoms with Crippen LogP contribution in [0.2, 0.25) is 0 Å². The van der Waals surface area contributed by atoms with Crippen LogP contribution < -0.4 is 10.6 Å². The molecule has 1 aromatic carbocycles. The first-order valence-electron chi connectivity index (χ1n) is 4.93. The van der Waals surface area contributed by atoms with Crippen LogP contribution in [0.1, 0.15) is 0 Å². The average Bonchev–Trinajstić information content (AvgIpc) is 2.77. The summed E-state index contributed by atoms with van der Waals surface area (Å²) in [6.07, 6.45) is -1.08. The molecule has 0 spiro atoms. The Morgan fingerprint density at radius 2 is 2.18 bits per heavy atom. The van der Waals surface area contributed by atoms with E-state index in [1.165, 1.54) is 11.3 Å². The van der Waals surface area contributed by atoms with Gasteiger partial charge in [-0.15, -0.1) is 11.3 Å². The van der Waals surface area contributed by atoms with Crippen LogP contribution in [0.25, 0.3) is 11.3 Å². The molecule has 0 fully saturated rings. The molecule has 0 atom stereocenters. The molecule has 5 nitrogen and oxygen atoms in total. The van der Waals surface area contributed by atoms with Crippen molar-refractivity contribution < 1.29 is 9.90 Å². The predicted molar refractivity (Wildman–Crippen MR) is 68.7 cm³/mol. The quantitative estimate of drug-likeness (QED) is 0.781. The molecule has 1 heterocycles. The van der Waals surface area contributed by atoms with Gasteiger partial charge in [-0.25, -0.2) is 9.78 Å². The van der Waals surface area contributed by atoms with E-state index in [0.717, 1.165) is 16.4 Å². The smallest absolute Gasteiger partial charge is 0.409 e. The zero-order valence-electron chi connectivity index (χ0n) is 9.10.